The molecule has 2 aromatic carbocycles. The molecule has 2 rings (SSSR count). The predicted molar refractivity (Wildman–Crippen MR) is 80.0 cm³/mol. The van der Waals surface area contributed by atoms with Crippen LogP contribution in [-0.4, -0.2) is 5.11 Å². The SMILES string of the molecule is CCC(O)(CCCc1ccccc1)c1cccc(F)c1. The van der Waals surface area contributed by atoms with Crippen molar-refractivity contribution in [1.29, 1.82) is 0 Å². The Kier molecular flexibility index (Phi) is 4.91. The van der Waals surface area contributed by atoms with Gasteiger partial charge in [0.2, 0.25) is 0 Å². The monoisotopic (exact) mass is 272 g/mol. The van der Waals surface area contributed by atoms with Crippen molar-refractivity contribution >= 4 is 0 Å². The summed E-state index contributed by atoms with van der Waals surface area (Å²) in [6.07, 6.45) is 3.04. The Morgan fingerprint density at radius 1 is 1.05 bits per heavy atom. The molecule has 0 aliphatic rings. The van der Waals surface area contributed by atoms with Crippen molar-refractivity contribution in [3.63, 3.8) is 0 Å². The van der Waals surface area contributed by atoms with Crippen LogP contribution in [0, 0.1) is 5.82 Å². The van der Waals surface area contributed by atoms with E-state index in [-0.39, 0.29) is 5.82 Å². The highest BCUT2D eigenvalue weighted by atomic mass is 19.1. The van der Waals surface area contributed by atoms with Gasteiger partial charge < -0.3 is 5.11 Å². The number of benzene rings is 2. The molecule has 0 saturated carbocycles. The maximum absolute atomic E-state index is 13.3. The highest BCUT2D eigenvalue weighted by Crippen LogP contribution is 2.30. The van der Waals surface area contributed by atoms with Crippen LogP contribution >= 0.6 is 0 Å². The molecule has 0 radical (unpaired) electrons. The van der Waals surface area contributed by atoms with Crippen molar-refractivity contribution in [2.24, 2.45) is 0 Å². The molecule has 0 aromatic heterocycles. The Balaban J connectivity index is 2.01. The summed E-state index contributed by atoms with van der Waals surface area (Å²) in [5.41, 5.74) is 1.01. The molecule has 1 nitrogen and oxygen atoms in total. The maximum atomic E-state index is 13.3. The number of halogens is 1. The zero-order valence-corrected chi connectivity index (χ0v) is 11.8. The molecule has 0 saturated heterocycles. The molecule has 1 N–H and O–H groups in total. The van der Waals surface area contributed by atoms with Crippen LogP contribution in [0.25, 0.3) is 0 Å². The van der Waals surface area contributed by atoms with E-state index in [0.717, 1.165) is 12.8 Å². The van der Waals surface area contributed by atoms with Gasteiger partial charge in [-0.3, -0.25) is 0 Å². The smallest absolute Gasteiger partial charge is 0.123 e. The average Bonchev–Trinajstić information content (AvgIpc) is 2.48. The fraction of sp³-hybridized carbons (Fsp3) is 0.333. The molecule has 106 valence electrons. The molecule has 0 spiro atoms. The fourth-order valence-electron chi connectivity index (χ4n) is 2.53. The van der Waals surface area contributed by atoms with Gasteiger partial charge in [0.05, 0.1) is 5.60 Å². The molecule has 0 amide bonds. The van der Waals surface area contributed by atoms with E-state index in [0.29, 0.717) is 18.4 Å². The molecular weight excluding hydrogens is 251 g/mol. The van der Waals surface area contributed by atoms with Crippen molar-refractivity contribution in [3.05, 3.63) is 71.5 Å². The molecular formula is C18H21FO. The molecule has 0 fully saturated rings. The normalized spacial score (nSPS) is 13.9. The first kappa shape index (κ1) is 14.7. The third kappa shape index (κ3) is 3.67. The van der Waals surface area contributed by atoms with E-state index in [9.17, 15) is 9.50 Å². The lowest BCUT2D eigenvalue weighted by Crippen LogP contribution is -2.25. The minimum Gasteiger partial charge on any atom is -0.385 e. The van der Waals surface area contributed by atoms with Gasteiger partial charge in [-0.2, -0.15) is 0 Å². The van der Waals surface area contributed by atoms with Gasteiger partial charge in [-0.1, -0.05) is 49.4 Å². The summed E-state index contributed by atoms with van der Waals surface area (Å²) in [6, 6.07) is 16.5. The summed E-state index contributed by atoms with van der Waals surface area (Å²) in [7, 11) is 0. The topological polar surface area (TPSA) is 20.2 Å². The first-order valence-corrected chi connectivity index (χ1v) is 7.16. The lowest BCUT2D eigenvalue weighted by molar-refractivity contribution is 0.0211. The van der Waals surface area contributed by atoms with Crippen LogP contribution < -0.4 is 0 Å². The summed E-state index contributed by atoms with van der Waals surface area (Å²) in [5, 5.41) is 10.7. The van der Waals surface area contributed by atoms with Gasteiger partial charge in [0.15, 0.2) is 0 Å². The molecule has 1 unspecified atom stereocenters. The van der Waals surface area contributed by atoms with E-state index in [4.69, 9.17) is 0 Å². The lowest BCUT2D eigenvalue weighted by Gasteiger charge is -2.27. The number of hydrogen-bond donors (Lipinski definition) is 1. The van der Waals surface area contributed by atoms with E-state index in [2.05, 4.69) is 12.1 Å². The van der Waals surface area contributed by atoms with Gasteiger partial charge >= 0.3 is 0 Å². The summed E-state index contributed by atoms with van der Waals surface area (Å²) in [4.78, 5) is 0. The van der Waals surface area contributed by atoms with E-state index < -0.39 is 5.60 Å². The minimum atomic E-state index is -0.934. The molecule has 2 heteroatoms. The number of hydrogen-bond acceptors (Lipinski definition) is 1. The van der Waals surface area contributed by atoms with Gasteiger partial charge in [0.1, 0.15) is 5.82 Å². The maximum Gasteiger partial charge on any atom is 0.123 e. The molecule has 0 aliphatic heterocycles. The van der Waals surface area contributed by atoms with Crippen LogP contribution in [0.1, 0.15) is 37.3 Å². The molecule has 0 heterocycles. The van der Waals surface area contributed by atoms with E-state index in [1.165, 1.54) is 17.7 Å². The Labute approximate surface area is 120 Å². The van der Waals surface area contributed by atoms with Crippen LogP contribution in [0.5, 0.6) is 0 Å². The third-order valence-electron chi connectivity index (χ3n) is 3.85. The largest absolute Gasteiger partial charge is 0.385 e. The average molecular weight is 272 g/mol. The van der Waals surface area contributed by atoms with Crippen LogP contribution in [0.15, 0.2) is 54.6 Å². The first-order chi connectivity index (χ1) is 9.64. The summed E-state index contributed by atoms with van der Waals surface area (Å²) >= 11 is 0. The second kappa shape index (κ2) is 6.67. The summed E-state index contributed by atoms with van der Waals surface area (Å²) in [5.74, 6) is -0.294. The van der Waals surface area contributed by atoms with Gasteiger partial charge in [-0.15, -0.1) is 0 Å². The van der Waals surface area contributed by atoms with Gasteiger partial charge in [-0.25, -0.2) is 4.39 Å². The van der Waals surface area contributed by atoms with Gasteiger partial charge in [0, 0.05) is 0 Å². The minimum absolute atomic E-state index is 0.294. The van der Waals surface area contributed by atoms with Crippen molar-refractivity contribution in [2.45, 2.75) is 38.2 Å². The van der Waals surface area contributed by atoms with Crippen LogP contribution in [0.2, 0.25) is 0 Å². The second-order valence-electron chi connectivity index (χ2n) is 5.23. The lowest BCUT2D eigenvalue weighted by atomic mass is 9.85. The van der Waals surface area contributed by atoms with Crippen LogP contribution in [-0.2, 0) is 12.0 Å². The summed E-state index contributed by atoms with van der Waals surface area (Å²) < 4.78 is 13.3. The van der Waals surface area contributed by atoms with Crippen molar-refractivity contribution in [2.75, 3.05) is 0 Å². The van der Waals surface area contributed by atoms with Gasteiger partial charge in [-0.05, 0) is 48.9 Å². The summed E-state index contributed by atoms with van der Waals surface area (Å²) in [6.45, 7) is 1.94. The Morgan fingerprint density at radius 2 is 1.80 bits per heavy atom. The van der Waals surface area contributed by atoms with Crippen LogP contribution in [0.3, 0.4) is 0 Å². The second-order valence-corrected chi connectivity index (χ2v) is 5.23. The molecule has 1 atom stereocenters. The van der Waals surface area contributed by atoms with E-state index >= 15 is 0 Å². The molecule has 20 heavy (non-hydrogen) atoms. The Bertz CT molecular complexity index is 538. The quantitative estimate of drug-likeness (QED) is 0.824. The van der Waals surface area contributed by atoms with E-state index in [1.54, 1.807) is 12.1 Å². The first-order valence-electron chi connectivity index (χ1n) is 7.16. The van der Waals surface area contributed by atoms with Crippen molar-refractivity contribution < 1.29 is 9.50 Å². The fourth-order valence-corrected chi connectivity index (χ4v) is 2.53. The number of rotatable bonds is 6. The third-order valence-corrected chi connectivity index (χ3v) is 3.85. The Morgan fingerprint density at radius 3 is 2.45 bits per heavy atom. The predicted octanol–water partition coefficient (Wildman–Crippen LogP) is 4.45. The molecule has 2 aromatic rings. The highest BCUT2D eigenvalue weighted by Gasteiger charge is 2.26. The zero-order valence-electron chi connectivity index (χ0n) is 11.8. The van der Waals surface area contributed by atoms with Crippen molar-refractivity contribution in [3.8, 4) is 0 Å². The Hall–Kier alpha value is -1.67. The van der Waals surface area contributed by atoms with E-state index in [1.807, 2.05) is 25.1 Å². The molecule has 0 aliphatic carbocycles. The standard InChI is InChI=1S/C18H21FO/c1-2-18(20,16-11-6-12-17(19)14-16)13-7-10-15-8-4-3-5-9-15/h3-6,8-9,11-12,14,20H,2,7,10,13H2,1H3. The number of aliphatic hydroxyl groups is 1. The highest BCUT2D eigenvalue weighted by molar-refractivity contribution is 5.23. The van der Waals surface area contributed by atoms with Gasteiger partial charge in [0.25, 0.3) is 0 Å². The van der Waals surface area contributed by atoms with Crippen molar-refractivity contribution in [1.82, 2.24) is 0 Å². The zero-order chi connectivity index (χ0) is 14.4. The number of aryl methyl sites for hydroxylation is 1. The van der Waals surface area contributed by atoms with Crippen LogP contribution in [0.4, 0.5) is 4.39 Å². The molecule has 0 bridgehead atoms.